The molecule has 0 unspecified atom stereocenters. The minimum absolute atomic E-state index is 0.00377. The minimum Gasteiger partial charge on any atom is -0.346 e. The number of carbonyl (C=O) groups is 1. The Morgan fingerprint density at radius 1 is 1.42 bits per heavy atom. The van der Waals surface area contributed by atoms with Crippen LogP contribution in [0.15, 0.2) is 40.8 Å². The minimum atomic E-state index is 0.00377. The van der Waals surface area contributed by atoms with Crippen molar-refractivity contribution in [1.82, 2.24) is 19.4 Å². The second-order valence-corrected chi connectivity index (χ2v) is 7.29. The van der Waals surface area contributed by atoms with Crippen molar-refractivity contribution in [1.29, 1.82) is 0 Å². The molecule has 1 aliphatic heterocycles. The van der Waals surface area contributed by atoms with E-state index in [4.69, 9.17) is 0 Å². The monoisotopic (exact) mass is 368 g/mol. The first-order chi connectivity index (χ1) is 12.6. The van der Waals surface area contributed by atoms with Gasteiger partial charge in [-0.25, -0.2) is 4.98 Å². The van der Waals surface area contributed by atoms with E-state index in [2.05, 4.69) is 22.1 Å². The Kier molecular flexibility index (Phi) is 4.46. The van der Waals surface area contributed by atoms with Gasteiger partial charge in [0.25, 0.3) is 0 Å². The van der Waals surface area contributed by atoms with Gasteiger partial charge in [-0.05, 0) is 31.1 Å². The maximum Gasteiger partial charge on any atom is 0.307 e. The van der Waals surface area contributed by atoms with Gasteiger partial charge in [0.2, 0.25) is 5.91 Å². The van der Waals surface area contributed by atoms with Crippen LogP contribution in [0, 0.1) is 6.92 Å². The van der Waals surface area contributed by atoms with E-state index in [1.165, 1.54) is 22.5 Å². The molecule has 4 rings (SSSR count). The van der Waals surface area contributed by atoms with Crippen molar-refractivity contribution in [2.24, 2.45) is 0 Å². The van der Waals surface area contributed by atoms with Crippen LogP contribution in [0.25, 0.3) is 16.6 Å². The van der Waals surface area contributed by atoms with E-state index >= 15 is 0 Å². The lowest BCUT2D eigenvalue weighted by atomic mass is 9.99. The molecule has 0 spiro atoms. The fraction of sp³-hybridized carbons (Fsp3) is 0.316. The van der Waals surface area contributed by atoms with Gasteiger partial charge in [-0.2, -0.15) is 0 Å². The summed E-state index contributed by atoms with van der Waals surface area (Å²) < 4.78 is 1.67. The first-order valence-corrected chi connectivity index (χ1v) is 9.55. The highest BCUT2D eigenvalue weighted by Crippen LogP contribution is 2.28. The lowest BCUT2D eigenvalue weighted by Crippen LogP contribution is -2.35. The topological polar surface area (TPSA) is 71.0 Å². The Labute approximate surface area is 154 Å². The Bertz CT molecular complexity index is 1040. The number of nitrogens with one attached hydrogen (secondary N) is 1. The van der Waals surface area contributed by atoms with Crippen LogP contribution in [0.5, 0.6) is 0 Å². The van der Waals surface area contributed by atoms with Gasteiger partial charge >= 0.3 is 4.87 Å². The molecule has 1 aliphatic rings. The van der Waals surface area contributed by atoms with Crippen LogP contribution in [-0.2, 0) is 11.3 Å². The number of rotatable bonds is 4. The van der Waals surface area contributed by atoms with E-state index in [1.807, 2.05) is 29.5 Å². The zero-order chi connectivity index (χ0) is 18.1. The number of carbonyl (C=O) groups excluding carboxylic acids is 1. The molecule has 134 valence electrons. The van der Waals surface area contributed by atoms with E-state index in [-0.39, 0.29) is 10.8 Å². The van der Waals surface area contributed by atoms with Gasteiger partial charge in [0.15, 0.2) is 0 Å². The zero-order valence-electron chi connectivity index (χ0n) is 14.6. The number of aromatic amines is 1. The summed E-state index contributed by atoms with van der Waals surface area (Å²) in [7, 11) is 0. The molecule has 0 bridgehead atoms. The first-order valence-electron chi connectivity index (χ1n) is 8.67. The van der Waals surface area contributed by atoms with Crippen molar-refractivity contribution in [3.63, 3.8) is 0 Å². The lowest BCUT2D eigenvalue weighted by Gasteiger charge is -2.26. The number of thiazole rings is 1. The first kappa shape index (κ1) is 16.8. The summed E-state index contributed by atoms with van der Waals surface area (Å²) in [5, 5.41) is 2.95. The maximum atomic E-state index is 12.5. The number of pyridine rings is 1. The highest BCUT2D eigenvalue weighted by atomic mass is 32.1. The number of fused-ring (bicyclic) bond motifs is 1. The Hall–Kier alpha value is -2.67. The fourth-order valence-electron chi connectivity index (χ4n) is 3.40. The largest absolute Gasteiger partial charge is 0.346 e. The number of nitrogens with zero attached hydrogens (tertiary/aromatic N) is 3. The molecule has 0 aliphatic carbocycles. The normalized spacial score (nSPS) is 14.7. The third kappa shape index (κ3) is 3.10. The van der Waals surface area contributed by atoms with Crippen LogP contribution in [0.1, 0.15) is 24.1 Å². The Morgan fingerprint density at radius 3 is 3.04 bits per heavy atom. The van der Waals surface area contributed by atoms with Crippen molar-refractivity contribution >= 4 is 33.9 Å². The number of hydrogen-bond donors (Lipinski definition) is 1. The zero-order valence-corrected chi connectivity index (χ0v) is 15.4. The molecule has 7 heteroatoms. The van der Waals surface area contributed by atoms with Gasteiger partial charge in [0.05, 0.1) is 0 Å². The average molecular weight is 368 g/mol. The van der Waals surface area contributed by atoms with Gasteiger partial charge in [-0.3, -0.25) is 9.59 Å². The van der Waals surface area contributed by atoms with Crippen molar-refractivity contribution in [3.05, 3.63) is 56.9 Å². The van der Waals surface area contributed by atoms with Crippen LogP contribution in [-0.4, -0.2) is 38.4 Å². The summed E-state index contributed by atoms with van der Waals surface area (Å²) in [5.74, 6) is 0.0957. The summed E-state index contributed by atoms with van der Waals surface area (Å²) in [6, 6.07) is 4.00. The SMILES string of the molecule is Cc1csc(=O)n1CCC(=O)N1CC=C(c2c[nH]c3ncccc23)CC1. The van der Waals surface area contributed by atoms with Crippen LogP contribution in [0.2, 0.25) is 0 Å². The van der Waals surface area contributed by atoms with Gasteiger partial charge < -0.3 is 14.5 Å². The molecule has 0 saturated carbocycles. The van der Waals surface area contributed by atoms with Gasteiger partial charge in [0, 0.05) is 60.5 Å². The van der Waals surface area contributed by atoms with Gasteiger partial charge in [-0.1, -0.05) is 17.4 Å². The molecular formula is C19H20N4O2S. The highest BCUT2D eigenvalue weighted by Gasteiger charge is 2.19. The van der Waals surface area contributed by atoms with Crippen molar-refractivity contribution in [3.8, 4) is 0 Å². The predicted molar refractivity (Wildman–Crippen MR) is 103 cm³/mol. The molecule has 0 saturated heterocycles. The molecular weight excluding hydrogens is 348 g/mol. The summed E-state index contributed by atoms with van der Waals surface area (Å²) in [6.45, 7) is 3.66. The molecule has 1 amide bonds. The Balaban J connectivity index is 1.42. The predicted octanol–water partition coefficient (Wildman–Crippen LogP) is 2.80. The fourth-order valence-corrected chi connectivity index (χ4v) is 4.16. The molecule has 0 fully saturated rings. The summed E-state index contributed by atoms with van der Waals surface area (Å²) in [6.07, 6.45) is 7.08. The van der Waals surface area contributed by atoms with E-state index in [0.717, 1.165) is 23.1 Å². The number of amides is 1. The molecule has 26 heavy (non-hydrogen) atoms. The average Bonchev–Trinajstić information content (AvgIpc) is 3.23. The van der Waals surface area contributed by atoms with E-state index < -0.39 is 0 Å². The van der Waals surface area contributed by atoms with Gasteiger partial charge in [0.1, 0.15) is 5.65 Å². The van der Waals surface area contributed by atoms with Crippen LogP contribution >= 0.6 is 11.3 Å². The highest BCUT2D eigenvalue weighted by molar-refractivity contribution is 7.07. The number of hydrogen-bond acceptors (Lipinski definition) is 4. The molecule has 3 aromatic rings. The second-order valence-electron chi connectivity index (χ2n) is 6.47. The molecule has 0 atom stereocenters. The number of aryl methyl sites for hydroxylation is 1. The number of H-pyrrole nitrogens is 1. The van der Waals surface area contributed by atoms with Crippen molar-refractivity contribution in [2.75, 3.05) is 13.1 Å². The smallest absolute Gasteiger partial charge is 0.307 e. The van der Waals surface area contributed by atoms with Crippen molar-refractivity contribution in [2.45, 2.75) is 26.3 Å². The molecule has 0 radical (unpaired) electrons. The quantitative estimate of drug-likeness (QED) is 0.770. The number of aromatic nitrogens is 3. The van der Waals surface area contributed by atoms with E-state index in [0.29, 0.717) is 26.1 Å². The second kappa shape index (κ2) is 6.92. The Morgan fingerprint density at radius 2 is 2.31 bits per heavy atom. The van der Waals surface area contributed by atoms with Crippen LogP contribution in [0.4, 0.5) is 0 Å². The molecule has 3 aromatic heterocycles. The van der Waals surface area contributed by atoms with Gasteiger partial charge in [-0.15, -0.1) is 0 Å². The molecule has 1 N–H and O–H groups in total. The summed E-state index contributed by atoms with van der Waals surface area (Å²) in [4.78, 5) is 33.6. The third-order valence-corrected chi connectivity index (χ3v) is 5.77. The summed E-state index contributed by atoms with van der Waals surface area (Å²) in [5.41, 5.74) is 4.22. The standard InChI is InChI=1S/C19H20N4O2S/c1-13-12-26-19(25)23(13)10-6-17(24)22-8-4-14(5-9-22)16-11-21-18-15(16)3-2-7-20-18/h2-4,7,11-12H,5-6,8-10H2,1H3,(H,20,21). The van der Waals surface area contributed by atoms with Crippen LogP contribution in [0.3, 0.4) is 0 Å². The molecule has 0 aromatic carbocycles. The maximum absolute atomic E-state index is 12.5. The molecule has 4 heterocycles. The molecule has 6 nitrogen and oxygen atoms in total. The third-order valence-electron chi connectivity index (χ3n) is 4.88. The van der Waals surface area contributed by atoms with E-state index in [1.54, 1.807) is 10.8 Å². The lowest BCUT2D eigenvalue weighted by molar-refractivity contribution is -0.131. The summed E-state index contributed by atoms with van der Waals surface area (Å²) >= 11 is 1.18. The van der Waals surface area contributed by atoms with Crippen LogP contribution < -0.4 is 4.87 Å². The van der Waals surface area contributed by atoms with Crippen molar-refractivity contribution < 1.29 is 4.79 Å². The van der Waals surface area contributed by atoms with E-state index in [9.17, 15) is 9.59 Å².